The molecule has 2 aliphatic heterocycles. The van der Waals surface area contributed by atoms with Crippen molar-refractivity contribution in [3.05, 3.63) is 101 Å². The van der Waals surface area contributed by atoms with E-state index in [2.05, 4.69) is 38.2 Å². The highest BCUT2D eigenvalue weighted by Gasteiger charge is 2.56. The minimum Gasteiger partial charge on any atom is -0.477 e. The number of nitrogens with two attached hydrogens (primary N) is 2. The number of nitrogens with zero attached hydrogens (tertiary/aromatic N) is 3. The molecule has 0 radical (unpaired) electrons. The van der Waals surface area contributed by atoms with Crippen molar-refractivity contribution >= 4 is 49.5 Å². The third-order valence-electron chi connectivity index (χ3n) is 16.8. The van der Waals surface area contributed by atoms with Gasteiger partial charge < -0.3 is 31.2 Å². The van der Waals surface area contributed by atoms with E-state index >= 15 is 0 Å². The predicted octanol–water partition coefficient (Wildman–Crippen LogP) is 7.80. The number of pyridine rings is 2. The van der Waals surface area contributed by atoms with Crippen molar-refractivity contribution in [1.29, 1.82) is 0 Å². The second-order valence-electron chi connectivity index (χ2n) is 23.0. The molecule has 4 aliphatic carbocycles. The van der Waals surface area contributed by atoms with Crippen LogP contribution >= 0.6 is 0 Å². The number of hydrogen-bond donors (Lipinski definition) is 5. The number of carbonyl (C=O) groups excluding carboxylic acids is 4. The zero-order valence-corrected chi connectivity index (χ0v) is 47.5. The number of ether oxygens (including phenoxy) is 2. The lowest BCUT2D eigenvalue weighted by Crippen LogP contribution is -2.46. The first-order valence-corrected chi connectivity index (χ1v) is 30.8. The lowest BCUT2D eigenvalue weighted by atomic mass is 9.80. The minimum atomic E-state index is -4.29. The smallest absolute Gasteiger partial charge is 0.281 e. The monoisotopic (exact) mass is 1130 g/mol. The third kappa shape index (κ3) is 14.4. The highest BCUT2D eigenvalue weighted by atomic mass is 32.2. The number of aryl methyl sites for hydroxylation is 2. The van der Waals surface area contributed by atoms with E-state index in [1.165, 1.54) is 50.7 Å². The van der Waals surface area contributed by atoms with Gasteiger partial charge in [-0.15, -0.1) is 0 Å². The van der Waals surface area contributed by atoms with Gasteiger partial charge in [0, 0.05) is 49.6 Å². The number of primary amides is 2. The van der Waals surface area contributed by atoms with Crippen LogP contribution in [0.1, 0.15) is 164 Å². The molecule has 0 bridgehead atoms. The highest BCUT2D eigenvalue weighted by molar-refractivity contribution is 7.90. The van der Waals surface area contributed by atoms with Gasteiger partial charge in [-0.25, -0.2) is 19.4 Å². The molecule has 18 nitrogen and oxygen atoms in total. The maximum Gasteiger partial charge on any atom is 0.281 e. The van der Waals surface area contributed by atoms with E-state index in [-0.39, 0.29) is 22.3 Å². The largest absolute Gasteiger partial charge is 0.477 e. The molecule has 4 amide bonds. The van der Waals surface area contributed by atoms with Crippen molar-refractivity contribution in [2.24, 2.45) is 22.3 Å². The van der Waals surface area contributed by atoms with Gasteiger partial charge in [-0.2, -0.15) is 21.2 Å². The van der Waals surface area contributed by atoms with Crippen LogP contribution in [0.2, 0.25) is 0 Å². The Kier molecular flexibility index (Phi) is 18.1. The quantitative estimate of drug-likeness (QED) is 0.0711. The maximum atomic E-state index is 13.3. The Morgan fingerprint density at radius 3 is 1.42 bits per heavy atom. The van der Waals surface area contributed by atoms with Gasteiger partial charge in [0.25, 0.3) is 31.9 Å². The molecule has 4 heterocycles. The lowest BCUT2D eigenvalue weighted by molar-refractivity contribution is -0.128. The molecule has 7 N–H and O–H groups in total. The zero-order chi connectivity index (χ0) is 56.8. The summed E-state index contributed by atoms with van der Waals surface area (Å²) in [5.74, 6) is -0.254. The van der Waals surface area contributed by atoms with Gasteiger partial charge in [0.05, 0.1) is 0 Å². The average Bonchev–Trinajstić information content (AvgIpc) is 4.49. The van der Waals surface area contributed by atoms with Gasteiger partial charge in [-0.1, -0.05) is 88.8 Å². The zero-order valence-electron chi connectivity index (χ0n) is 45.9. The first-order valence-electron chi connectivity index (χ1n) is 27.8. The van der Waals surface area contributed by atoms with Gasteiger partial charge in [-0.3, -0.25) is 19.2 Å². The Hall–Kier alpha value is -6.19. The van der Waals surface area contributed by atoms with Crippen LogP contribution in [0.4, 0.5) is 10.2 Å². The molecular weight excluding hydrogens is 1050 g/mol. The summed E-state index contributed by atoms with van der Waals surface area (Å²) in [6, 6.07) is 20.2. The highest BCUT2D eigenvalue weighted by Crippen LogP contribution is 2.47. The Balaban J connectivity index is 0.000000181. The molecule has 6 fully saturated rings. The predicted molar refractivity (Wildman–Crippen MR) is 296 cm³/mol. The second kappa shape index (κ2) is 24.3. The van der Waals surface area contributed by atoms with Crippen molar-refractivity contribution in [2.45, 2.75) is 176 Å². The number of carbonyl (C=O) groups is 4. The number of benzene rings is 2. The van der Waals surface area contributed by atoms with Gasteiger partial charge in [0.15, 0.2) is 21.3 Å². The number of aromatic nitrogens is 2. The molecule has 4 saturated carbocycles. The summed E-state index contributed by atoms with van der Waals surface area (Å²) in [4.78, 5) is 58.5. The van der Waals surface area contributed by atoms with Crippen LogP contribution in [-0.4, -0.2) is 87.8 Å². The van der Waals surface area contributed by atoms with E-state index in [0.717, 1.165) is 86.0 Å². The van der Waals surface area contributed by atoms with E-state index in [1.54, 1.807) is 12.1 Å². The fraction of sp³-hybridized carbons (Fsp3) is 0.552. The minimum absolute atomic E-state index is 0.158. The Morgan fingerprint density at radius 1 is 0.595 bits per heavy atom. The normalized spacial score (nSPS) is 20.3. The van der Waals surface area contributed by atoms with Gasteiger partial charge in [0.1, 0.15) is 17.3 Å². The van der Waals surface area contributed by atoms with Gasteiger partial charge in [0.2, 0.25) is 17.8 Å². The summed E-state index contributed by atoms with van der Waals surface area (Å²) in [6.45, 7) is 10.6. The second-order valence-corrected chi connectivity index (χ2v) is 26.3. The summed E-state index contributed by atoms with van der Waals surface area (Å²) in [5.41, 5.74) is 11.8. The molecule has 6 aliphatic rings. The number of piperidine rings is 2. The molecular formula is C58H77FN8O10S2. The summed E-state index contributed by atoms with van der Waals surface area (Å²) in [7, 11) is -8.51. The first kappa shape index (κ1) is 58.9. The lowest BCUT2D eigenvalue weighted by Gasteiger charge is -2.37. The van der Waals surface area contributed by atoms with Crippen LogP contribution in [0.25, 0.3) is 0 Å². The number of sulfonamides is 2. The van der Waals surface area contributed by atoms with Crippen LogP contribution in [0.15, 0.2) is 82.8 Å². The SMILES string of the molecule is CC1(C(N)=O)CCNCC1.Cc1ccc(C2CCCCC2)c(OC2(C(=O)NS(=O)(=O)c3cccc(F)n3)CC2)c1.Cc1ccc(C2CCCCC2)c(OC2(C(=O)NS(=O)(=O)c3cccc(N4CCC(C)(C(N)=O)CC4)n3)CC2)c1. The van der Waals surface area contributed by atoms with Crippen LogP contribution in [0.5, 0.6) is 11.5 Å². The van der Waals surface area contributed by atoms with Crippen LogP contribution in [-0.2, 0) is 39.2 Å². The molecule has 0 atom stereocenters. The van der Waals surface area contributed by atoms with Crippen molar-refractivity contribution in [2.75, 3.05) is 31.1 Å². The maximum absolute atomic E-state index is 13.3. The number of hydrogen-bond acceptors (Lipinski definition) is 14. The number of nitrogens with one attached hydrogen (secondary N) is 3. The molecule has 0 unspecified atom stereocenters. The number of rotatable bonds is 15. The number of halogens is 1. The van der Waals surface area contributed by atoms with E-state index in [0.29, 0.717) is 80.8 Å². The van der Waals surface area contributed by atoms with Crippen molar-refractivity contribution in [3.63, 3.8) is 0 Å². The average molecular weight is 1130 g/mol. The molecule has 2 aromatic heterocycles. The molecule has 10 rings (SSSR count). The molecule has 4 aromatic rings. The Labute approximate surface area is 464 Å². The Morgan fingerprint density at radius 2 is 1.01 bits per heavy atom. The molecule has 2 saturated heterocycles. The third-order valence-corrected chi connectivity index (χ3v) is 19.2. The fourth-order valence-electron chi connectivity index (χ4n) is 10.9. The number of anilines is 1. The topological polar surface area (TPSA) is 272 Å². The first-order chi connectivity index (χ1) is 37.5. The van der Waals surface area contributed by atoms with Crippen molar-refractivity contribution in [1.82, 2.24) is 24.7 Å². The van der Waals surface area contributed by atoms with Crippen LogP contribution in [0.3, 0.4) is 0 Å². The van der Waals surface area contributed by atoms with Crippen LogP contribution < -0.4 is 40.6 Å². The van der Waals surface area contributed by atoms with Gasteiger partial charge >= 0.3 is 0 Å². The molecule has 0 spiro atoms. The Bertz CT molecular complexity index is 3110. The van der Waals surface area contributed by atoms with Crippen LogP contribution in [0, 0.1) is 30.6 Å². The van der Waals surface area contributed by atoms with E-state index in [1.807, 2.05) is 55.5 Å². The molecule has 2 aromatic carbocycles. The standard InChI is InChI=1S/C29H38N4O5S.C22H25FN2O4S.C7H14N2O/c1-20-11-12-22(21-7-4-3-5-8-21)23(19-20)38-29(13-14-29)27(35)32-39(36,37)25-10-6-9-24(31-25)33-17-15-28(2,16-18-33)26(30)34;1-15-10-11-17(16-6-3-2-4-7-16)18(14-15)29-22(12-13-22)21(26)25-30(27,28)20-9-5-8-19(23)24-20;1-7(6(8)10)2-4-9-5-3-7/h6,9-12,19,21H,3-5,7-8,13-18H2,1-2H3,(H2,30,34)(H,32,35);5,8-11,14,16H,2-4,6-7,12-13H2,1H3,(H,25,26);9H,2-5H2,1H3,(H2,8,10). The summed E-state index contributed by atoms with van der Waals surface area (Å²) >= 11 is 0. The van der Waals surface area contributed by atoms with E-state index < -0.39 is 59.5 Å². The van der Waals surface area contributed by atoms with Crippen molar-refractivity contribution < 1.29 is 49.9 Å². The summed E-state index contributed by atoms with van der Waals surface area (Å²) < 4.78 is 81.5. The fourth-order valence-corrected chi connectivity index (χ4v) is 12.9. The summed E-state index contributed by atoms with van der Waals surface area (Å²) in [5, 5.41) is 2.42. The molecule has 21 heteroatoms. The van der Waals surface area contributed by atoms with E-state index in [9.17, 15) is 40.4 Å². The van der Waals surface area contributed by atoms with E-state index in [4.69, 9.17) is 20.9 Å². The summed E-state index contributed by atoms with van der Waals surface area (Å²) in [6.07, 6.45) is 16.1. The van der Waals surface area contributed by atoms with Crippen molar-refractivity contribution in [3.8, 4) is 11.5 Å². The molecule has 428 valence electrons. The van der Waals surface area contributed by atoms with Gasteiger partial charge in [-0.05, 0) is 149 Å². The number of amides is 4. The molecule has 79 heavy (non-hydrogen) atoms.